The molecular formula is C13H16BrNO4. The number of amides is 1. The number of carbonyl (C=O) groups excluding carboxylic acids is 1. The zero-order valence-electron chi connectivity index (χ0n) is 10.8. The Bertz CT molecular complexity index is 476. The van der Waals surface area contributed by atoms with Crippen LogP contribution in [0.15, 0.2) is 22.7 Å². The van der Waals surface area contributed by atoms with E-state index in [1.165, 1.54) is 6.07 Å². The lowest BCUT2D eigenvalue weighted by Gasteiger charge is -2.11. The van der Waals surface area contributed by atoms with Crippen LogP contribution in [0.4, 0.5) is 5.69 Å². The fourth-order valence-corrected chi connectivity index (χ4v) is 1.83. The maximum Gasteiger partial charge on any atom is 0.337 e. The van der Waals surface area contributed by atoms with Crippen LogP contribution < -0.4 is 5.32 Å². The van der Waals surface area contributed by atoms with E-state index in [2.05, 4.69) is 21.2 Å². The van der Waals surface area contributed by atoms with Crippen LogP contribution in [-0.2, 0) is 9.53 Å². The fraction of sp³-hybridized carbons (Fsp3) is 0.385. The lowest BCUT2D eigenvalue weighted by molar-refractivity contribution is -0.116. The van der Waals surface area contributed by atoms with Gasteiger partial charge in [0, 0.05) is 18.0 Å². The molecule has 0 heterocycles. The van der Waals surface area contributed by atoms with Crippen molar-refractivity contribution >= 4 is 33.5 Å². The summed E-state index contributed by atoms with van der Waals surface area (Å²) in [7, 11) is 1.58. The van der Waals surface area contributed by atoms with Crippen LogP contribution in [0.1, 0.15) is 30.1 Å². The minimum absolute atomic E-state index is 0.00722. The molecule has 19 heavy (non-hydrogen) atoms. The number of nitrogens with one attached hydrogen (secondary N) is 1. The molecule has 1 amide bonds. The van der Waals surface area contributed by atoms with E-state index in [1.807, 2.05) is 6.92 Å². The number of methoxy groups -OCH3 is 1. The van der Waals surface area contributed by atoms with Crippen molar-refractivity contribution in [2.45, 2.75) is 25.9 Å². The van der Waals surface area contributed by atoms with Crippen molar-refractivity contribution in [3.63, 3.8) is 0 Å². The molecule has 1 aromatic rings. The molecule has 1 atom stereocenters. The molecule has 0 radical (unpaired) electrons. The Balaban J connectivity index is 2.73. The van der Waals surface area contributed by atoms with E-state index in [9.17, 15) is 9.59 Å². The highest BCUT2D eigenvalue weighted by Gasteiger charge is 2.13. The van der Waals surface area contributed by atoms with E-state index in [-0.39, 0.29) is 29.7 Å². The van der Waals surface area contributed by atoms with Crippen LogP contribution >= 0.6 is 15.9 Å². The number of carboxylic acid groups (broad SMARTS) is 1. The molecule has 1 aromatic carbocycles. The maximum absolute atomic E-state index is 11.7. The second-order valence-electron chi connectivity index (χ2n) is 4.13. The van der Waals surface area contributed by atoms with Crippen molar-refractivity contribution < 1.29 is 19.4 Å². The van der Waals surface area contributed by atoms with Gasteiger partial charge in [-0.25, -0.2) is 4.79 Å². The van der Waals surface area contributed by atoms with Crippen LogP contribution in [0.2, 0.25) is 0 Å². The summed E-state index contributed by atoms with van der Waals surface area (Å²) in [6, 6.07) is 4.63. The van der Waals surface area contributed by atoms with E-state index >= 15 is 0 Å². The molecule has 0 aliphatic carbocycles. The normalized spacial score (nSPS) is 11.9. The Kier molecular flexibility index (Phi) is 5.98. The topological polar surface area (TPSA) is 75.6 Å². The molecule has 0 spiro atoms. The lowest BCUT2D eigenvalue weighted by atomic mass is 10.1. The summed E-state index contributed by atoms with van der Waals surface area (Å²) in [6.07, 6.45) is 0.853. The number of carbonyl (C=O) groups is 2. The van der Waals surface area contributed by atoms with Crippen LogP contribution in [-0.4, -0.2) is 30.2 Å². The largest absolute Gasteiger partial charge is 0.478 e. The zero-order chi connectivity index (χ0) is 14.4. The Morgan fingerprint density at radius 3 is 2.74 bits per heavy atom. The third-order valence-electron chi connectivity index (χ3n) is 2.67. The summed E-state index contributed by atoms with van der Waals surface area (Å²) in [5.74, 6) is -1.31. The van der Waals surface area contributed by atoms with Gasteiger partial charge in [0.1, 0.15) is 0 Å². The van der Waals surface area contributed by atoms with Crippen molar-refractivity contribution in [1.29, 1.82) is 0 Å². The van der Waals surface area contributed by atoms with E-state index in [0.29, 0.717) is 10.9 Å². The van der Waals surface area contributed by atoms with Crippen molar-refractivity contribution in [3.05, 3.63) is 28.2 Å². The van der Waals surface area contributed by atoms with Gasteiger partial charge in [-0.05, 0) is 31.5 Å². The van der Waals surface area contributed by atoms with E-state index in [4.69, 9.17) is 9.84 Å². The van der Waals surface area contributed by atoms with Gasteiger partial charge in [-0.3, -0.25) is 4.79 Å². The molecule has 0 saturated carbocycles. The van der Waals surface area contributed by atoms with Gasteiger partial charge in [-0.1, -0.05) is 15.9 Å². The first-order valence-corrected chi connectivity index (χ1v) is 6.58. The number of hydrogen-bond donors (Lipinski definition) is 2. The predicted octanol–water partition coefficient (Wildman–Crippen LogP) is 2.90. The van der Waals surface area contributed by atoms with E-state index in [1.54, 1.807) is 19.2 Å². The van der Waals surface area contributed by atoms with Gasteiger partial charge in [0.25, 0.3) is 0 Å². The maximum atomic E-state index is 11.7. The average molecular weight is 330 g/mol. The highest BCUT2D eigenvalue weighted by Crippen LogP contribution is 2.22. The van der Waals surface area contributed by atoms with E-state index in [0.717, 1.165) is 0 Å². The van der Waals surface area contributed by atoms with Crippen LogP contribution in [0, 0.1) is 0 Å². The second-order valence-corrected chi connectivity index (χ2v) is 5.04. The molecule has 0 fully saturated rings. The number of halogens is 1. The van der Waals surface area contributed by atoms with Gasteiger partial charge in [0.2, 0.25) is 5.91 Å². The third kappa shape index (κ3) is 5.00. The van der Waals surface area contributed by atoms with Gasteiger partial charge in [-0.2, -0.15) is 0 Å². The first-order chi connectivity index (χ1) is 8.93. The molecule has 0 bridgehead atoms. The molecule has 5 nitrogen and oxygen atoms in total. The van der Waals surface area contributed by atoms with Crippen LogP contribution in [0.3, 0.4) is 0 Å². The first kappa shape index (κ1) is 15.7. The lowest BCUT2D eigenvalue weighted by Crippen LogP contribution is -2.17. The summed E-state index contributed by atoms with van der Waals surface area (Å²) < 4.78 is 5.76. The van der Waals surface area contributed by atoms with Crippen molar-refractivity contribution in [2.24, 2.45) is 0 Å². The smallest absolute Gasteiger partial charge is 0.337 e. The molecule has 0 aromatic heterocycles. The predicted molar refractivity (Wildman–Crippen MR) is 75.4 cm³/mol. The number of aromatic carboxylic acids is 1. The number of benzene rings is 1. The Morgan fingerprint density at radius 1 is 1.47 bits per heavy atom. The zero-order valence-corrected chi connectivity index (χ0v) is 12.4. The van der Waals surface area contributed by atoms with Crippen molar-refractivity contribution in [2.75, 3.05) is 12.4 Å². The van der Waals surface area contributed by atoms with Crippen LogP contribution in [0.25, 0.3) is 0 Å². The number of carboxylic acids is 1. The van der Waals surface area contributed by atoms with Crippen LogP contribution in [0.5, 0.6) is 0 Å². The van der Waals surface area contributed by atoms with Gasteiger partial charge in [0.15, 0.2) is 0 Å². The molecule has 0 saturated heterocycles. The molecule has 0 aliphatic rings. The Labute approximate surface area is 120 Å². The third-order valence-corrected chi connectivity index (χ3v) is 3.16. The van der Waals surface area contributed by atoms with Crippen molar-refractivity contribution in [1.82, 2.24) is 0 Å². The second kappa shape index (κ2) is 7.25. The Morgan fingerprint density at radius 2 is 2.16 bits per heavy atom. The van der Waals surface area contributed by atoms with Crippen molar-refractivity contribution in [3.8, 4) is 0 Å². The fourth-order valence-electron chi connectivity index (χ4n) is 1.47. The molecule has 2 N–H and O–H groups in total. The summed E-state index contributed by atoms with van der Waals surface area (Å²) in [5, 5.41) is 11.6. The number of anilines is 1. The number of hydrogen-bond acceptors (Lipinski definition) is 3. The average Bonchev–Trinajstić information content (AvgIpc) is 2.35. The van der Waals surface area contributed by atoms with Gasteiger partial charge >= 0.3 is 5.97 Å². The van der Waals surface area contributed by atoms with Gasteiger partial charge in [0.05, 0.1) is 17.4 Å². The summed E-state index contributed by atoms with van der Waals surface area (Å²) >= 11 is 3.24. The number of ether oxygens (including phenoxy) is 1. The Hall–Kier alpha value is -1.40. The number of rotatable bonds is 6. The minimum Gasteiger partial charge on any atom is -0.478 e. The summed E-state index contributed by atoms with van der Waals surface area (Å²) in [5.41, 5.74) is 0.355. The molecule has 1 unspecified atom stereocenters. The highest BCUT2D eigenvalue weighted by atomic mass is 79.9. The monoisotopic (exact) mass is 329 g/mol. The standard InChI is InChI=1S/C13H16BrNO4/c1-8(19-2)3-6-12(16)15-11-7-9(14)4-5-10(11)13(17)18/h4-5,7-8H,3,6H2,1-2H3,(H,15,16)(H,17,18). The quantitative estimate of drug-likeness (QED) is 0.841. The van der Waals surface area contributed by atoms with Gasteiger partial charge < -0.3 is 15.2 Å². The molecule has 1 rings (SSSR count). The molecule has 0 aliphatic heterocycles. The summed E-state index contributed by atoms with van der Waals surface area (Å²) in [6.45, 7) is 1.87. The molecule has 104 valence electrons. The van der Waals surface area contributed by atoms with E-state index < -0.39 is 5.97 Å². The first-order valence-electron chi connectivity index (χ1n) is 5.79. The minimum atomic E-state index is -1.08. The summed E-state index contributed by atoms with van der Waals surface area (Å²) in [4.78, 5) is 22.8. The SMILES string of the molecule is COC(C)CCC(=O)Nc1cc(Br)ccc1C(=O)O. The highest BCUT2D eigenvalue weighted by molar-refractivity contribution is 9.10. The van der Waals surface area contributed by atoms with Gasteiger partial charge in [-0.15, -0.1) is 0 Å². The molecule has 6 heteroatoms. The molecular weight excluding hydrogens is 314 g/mol.